The van der Waals surface area contributed by atoms with E-state index in [4.69, 9.17) is 23.4 Å². The molecule has 0 atom stereocenters. The van der Waals surface area contributed by atoms with Crippen LogP contribution in [-0.4, -0.2) is 10.8 Å². The molecule has 4 nitrogen and oxygen atoms in total. The molecule has 0 aliphatic heterocycles. The molecule has 0 amide bonds. The summed E-state index contributed by atoms with van der Waals surface area (Å²) in [6.45, 7) is 10.1. The van der Waals surface area contributed by atoms with Crippen molar-refractivity contribution >= 4 is 28.9 Å². The lowest BCUT2D eigenvalue weighted by molar-refractivity contribution is 1.16. The van der Waals surface area contributed by atoms with E-state index in [0.717, 1.165) is 16.8 Å². The monoisotopic (exact) mass is 416 g/mol. The third-order valence-corrected chi connectivity index (χ3v) is 4.36. The van der Waals surface area contributed by atoms with Crippen LogP contribution in [0.1, 0.15) is 30.5 Å². The van der Waals surface area contributed by atoms with Gasteiger partial charge in [-0.15, -0.1) is 6.42 Å². The standard InChI is InChI=1S/C23H19ClN4.C2H6/c1-4-18-7-14-22(26-15-18)27-17(3)28(21-12-10-20(24)11-13-21)23(25)19-8-5-16(2)6-9-19;1-2/h1,5-15,25H,3H2,2H3,(H,26,27);1-2H3. The SMILES string of the molecule is C#Cc1ccc(NC(=C)N(C(=N)c2ccc(C)cc2)c2ccc(Cl)cc2)nc1.CC. The molecule has 0 radical (unpaired) electrons. The summed E-state index contributed by atoms with van der Waals surface area (Å²) in [4.78, 5) is 6.00. The maximum absolute atomic E-state index is 8.75. The fraction of sp³-hybridized carbons (Fsp3) is 0.120. The lowest BCUT2D eigenvalue weighted by atomic mass is 10.1. The molecule has 0 saturated carbocycles. The fourth-order valence-electron chi connectivity index (χ4n) is 2.61. The number of aromatic nitrogens is 1. The average Bonchev–Trinajstić information content (AvgIpc) is 2.77. The van der Waals surface area contributed by atoms with Crippen LogP contribution in [0.4, 0.5) is 11.5 Å². The zero-order chi connectivity index (χ0) is 22.1. The second-order valence-electron chi connectivity index (χ2n) is 6.17. The number of hydrogen-bond donors (Lipinski definition) is 2. The van der Waals surface area contributed by atoms with Crippen LogP contribution in [0.5, 0.6) is 0 Å². The minimum absolute atomic E-state index is 0.278. The van der Waals surface area contributed by atoms with Crippen molar-refractivity contribution in [3.63, 3.8) is 0 Å². The average molecular weight is 417 g/mol. The summed E-state index contributed by atoms with van der Waals surface area (Å²) in [5, 5.41) is 12.5. The third-order valence-electron chi connectivity index (χ3n) is 4.11. The molecule has 0 spiro atoms. The van der Waals surface area contributed by atoms with Crippen molar-refractivity contribution in [2.75, 3.05) is 10.2 Å². The number of nitrogens with zero attached hydrogens (tertiary/aromatic N) is 2. The minimum atomic E-state index is 0.278. The van der Waals surface area contributed by atoms with Crippen LogP contribution >= 0.6 is 11.6 Å². The maximum atomic E-state index is 8.75. The van der Waals surface area contributed by atoms with E-state index in [2.05, 4.69) is 22.8 Å². The molecule has 0 saturated heterocycles. The zero-order valence-corrected chi connectivity index (χ0v) is 18.2. The number of benzene rings is 2. The number of hydrogen-bond acceptors (Lipinski definition) is 3. The molecule has 30 heavy (non-hydrogen) atoms. The summed E-state index contributed by atoms with van der Waals surface area (Å²) in [5.41, 5.74) is 3.34. The molecule has 3 rings (SSSR count). The maximum Gasteiger partial charge on any atom is 0.138 e. The summed E-state index contributed by atoms with van der Waals surface area (Å²) < 4.78 is 0. The van der Waals surface area contributed by atoms with E-state index in [9.17, 15) is 0 Å². The van der Waals surface area contributed by atoms with Crippen LogP contribution in [0.15, 0.2) is 79.3 Å². The second kappa shape index (κ2) is 10.8. The van der Waals surface area contributed by atoms with Crippen LogP contribution in [0.3, 0.4) is 0 Å². The predicted octanol–water partition coefficient (Wildman–Crippen LogP) is 6.47. The van der Waals surface area contributed by atoms with Crippen LogP contribution in [0.25, 0.3) is 0 Å². The van der Waals surface area contributed by atoms with Crippen LogP contribution < -0.4 is 10.2 Å². The molecular formula is C25H25ClN4. The first-order valence-electron chi connectivity index (χ1n) is 9.58. The topological polar surface area (TPSA) is 52.0 Å². The predicted molar refractivity (Wildman–Crippen MR) is 128 cm³/mol. The molecule has 152 valence electrons. The summed E-state index contributed by atoms with van der Waals surface area (Å²) in [6.07, 6.45) is 6.98. The molecule has 1 heterocycles. The highest BCUT2D eigenvalue weighted by Gasteiger charge is 2.18. The molecule has 0 bridgehead atoms. The number of rotatable bonds is 5. The van der Waals surface area contributed by atoms with Crippen LogP contribution in [0, 0.1) is 24.7 Å². The Kier molecular flexibility index (Phi) is 8.22. The number of pyridine rings is 1. The van der Waals surface area contributed by atoms with Gasteiger partial charge in [-0.3, -0.25) is 10.3 Å². The van der Waals surface area contributed by atoms with Crippen molar-refractivity contribution in [3.8, 4) is 12.3 Å². The summed E-state index contributed by atoms with van der Waals surface area (Å²) in [7, 11) is 0. The van der Waals surface area contributed by atoms with Crippen molar-refractivity contribution in [2.24, 2.45) is 0 Å². The Morgan fingerprint density at radius 3 is 2.23 bits per heavy atom. The van der Waals surface area contributed by atoms with E-state index in [-0.39, 0.29) is 5.84 Å². The lowest BCUT2D eigenvalue weighted by Crippen LogP contribution is -2.33. The molecule has 2 N–H and O–H groups in total. The Labute approximate surface area is 183 Å². The zero-order valence-electron chi connectivity index (χ0n) is 17.4. The van der Waals surface area contributed by atoms with Crippen molar-refractivity contribution < 1.29 is 0 Å². The summed E-state index contributed by atoms with van der Waals surface area (Å²) in [5.74, 6) is 3.88. The van der Waals surface area contributed by atoms with E-state index >= 15 is 0 Å². The largest absolute Gasteiger partial charge is 0.327 e. The van der Waals surface area contributed by atoms with Gasteiger partial charge in [0.15, 0.2) is 0 Å². The highest BCUT2D eigenvalue weighted by molar-refractivity contribution is 6.30. The van der Waals surface area contributed by atoms with Gasteiger partial charge in [-0.1, -0.05) is 67.8 Å². The van der Waals surface area contributed by atoms with Crippen molar-refractivity contribution in [2.45, 2.75) is 20.8 Å². The Morgan fingerprint density at radius 1 is 1.07 bits per heavy atom. The molecule has 0 aliphatic carbocycles. The van der Waals surface area contributed by atoms with Gasteiger partial charge in [0.2, 0.25) is 0 Å². The highest BCUT2D eigenvalue weighted by Crippen LogP contribution is 2.24. The number of terminal acetylenes is 1. The van der Waals surface area contributed by atoms with E-state index < -0.39 is 0 Å². The van der Waals surface area contributed by atoms with E-state index in [0.29, 0.717) is 22.2 Å². The number of halogens is 1. The van der Waals surface area contributed by atoms with Gasteiger partial charge in [0, 0.05) is 28.0 Å². The smallest absolute Gasteiger partial charge is 0.138 e. The molecule has 5 heteroatoms. The minimum Gasteiger partial charge on any atom is -0.327 e. The first kappa shape index (κ1) is 22.7. The van der Waals surface area contributed by atoms with Gasteiger partial charge in [-0.25, -0.2) is 4.98 Å². The van der Waals surface area contributed by atoms with Crippen LogP contribution in [0.2, 0.25) is 5.02 Å². The van der Waals surface area contributed by atoms with E-state index in [1.807, 2.05) is 57.2 Å². The second-order valence-corrected chi connectivity index (χ2v) is 6.61. The number of anilines is 2. The van der Waals surface area contributed by atoms with Gasteiger partial charge in [0.1, 0.15) is 17.5 Å². The molecule has 0 unspecified atom stereocenters. The molecule has 0 aliphatic rings. The normalized spacial score (nSPS) is 9.57. The van der Waals surface area contributed by atoms with Gasteiger partial charge in [0.05, 0.1) is 0 Å². The first-order chi connectivity index (χ1) is 14.5. The molecule has 0 fully saturated rings. The van der Waals surface area contributed by atoms with Gasteiger partial charge in [0.25, 0.3) is 0 Å². The van der Waals surface area contributed by atoms with E-state index in [1.54, 1.807) is 35.4 Å². The van der Waals surface area contributed by atoms with Crippen molar-refractivity contribution in [1.82, 2.24) is 4.98 Å². The lowest BCUT2D eigenvalue weighted by Gasteiger charge is -2.28. The highest BCUT2D eigenvalue weighted by atomic mass is 35.5. The quantitative estimate of drug-likeness (QED) is 0.285. The first-order valence-corrected chi connectivity index (χ1v) is 9.95. The summed E-state index contributed by atoms with van der Waals surface area (Å²) >= 11 is 6.03. The number of nitrogens with one attached hydrogen (secondary N) is 2. The number of aryl methyl sites for hydroxylation is 1. The Bertz CT molecular complexity index is 1030. The van der Waals surface area contributed by atoms with Gasteiger partial charge in [-0.2, -0.15) is 0 Å². The Balaban J connectivity index is 0.00000155. The van der Waals surface area contributed by atoms with Gasteiger partial charge >= 0.3 is 0 Å². The Hall–Kier alpha value is -3.55. The van der Waals surface area contributed by atoms with Crippen molar-refractivity contribution in [1.29, 1.82) is 5.41 Å². The molecular weight excluding hydrogens is 392 g/mol. The van der Waals surface area contributed by atoms with Crippen LogP contribution in [-0.2, 0) is 0 Å². The number of amidine groups is 1. The van der Waals surface area contributed by atoms with Crippen molar-refractivity contribution in [3.05, 3.63) is 101 Å². The summed E-state index contributed by atoms with van der Waals surface area (Å²) in [6, 6.07) is 18.6. The molecule has 2 aromatic carbocycles. The van der Waals surface area contributed by atoms with Gasteiger partial charge < -0.3 is 5.32 Å². The van der Waals surface area contributed by atoms with E-state index in [1.165, 1.54) is 0 Å². The molecule has 1 aromatic heterocycles. The Morgan fingerprint density at radius 2 is 1.70 bits per heavy atom. The molecule has 3 aromatic rings. The third kappa shape index (κ3) is 5.73. The van der Waals surface area contributed by atoms with Gasteiger partial charge in [-0.05, 0) is 43.3 Å². The fourth-order valence-corrected chi connectivity index (χ4v) is 2.73.